The third kappa shape index (κ3) is 3.02. The van der Waals surface area contributed by atoms with Gasteiger partial charge in [0.05, 0.1) is 5.56 Å². The highest BCUT2D eigenvalue weighted by Gasteiger charge is 2.19. The van der Waals surface area contributed by atoms with Crippen molar-refractivity contribution >= 4 is 28.2 Å². The van der Waals surface area contributed by atoms with E-state index in [9.17, 15) is 9.59 Å². The first-order valence-corrected chi connectivity index (χ1v) is 6.89. The smallest absolute Gasteiger partial charge is 0.338 e. The second-order valence-corrected chi connectivity index (χ2v) is 5.47. The Hall–Kier alpha value is -2.22. The largest absolute Gasteiger partial charge is 0.478 e. The molecule has 2 rings (SSSR count). The lowest BCUT2D eigenvalue weighted by Gasteiger charge is -2.00. The minimum atomic E-state index is -1.08. The fourth-order valence-corrected chi connectivity index (χ4v) is 2.57. The van der Waals surface area contributed by atoms with Crippen molar-refractivity contribution in [3.8, 4) is 0 Å². The molecule has 0 aliphatic heterocycles. The average Bonchev–Trinajstić information content (AvgIpc) is 2.97. The highest BCUT2D eigenvalue weighted by Crippen LogP contribution is 2.27. The molecule has 2 aromatic heterocycles. The molecular weight excluding hydrogens is 280 g/mol. The lowest BCUT2D eigenvalue weighted by Crippen LogP contribution is -2.14. The molecule has 2 aromatic rings. The van der Waals surface area contributed by atoms with Gasteiger partial charge in [-0.3, -0.25) is 9.89 Å². The van der Waals surface area contributed by atoms with E-state index in [4.69, 9.17) is 5.11 Å². The lowest BCUT2D eigenvalue weighted by molar-refractivity contribution is 0.0698. The molecule has 0 unspecified atom stereocenters. The van der Waals surface area contributed by atoms with Crippen LogP contribution in [0, 0.1) is 6.92 Å². The van der Waals surface area contributed by atoms with Gasteiger partial charge in [0.15, 0.2) is 0 Å². The molecule has 0 spiro atoms. The van der Waals surface area contributed by atoms with Crippen LogP contribution in [0.2, 0.25) is 0 Å². The van der Waals surface area contributed by atoms with Crippen molar-refractivity contribution in [3.05, 3.63) is 28.2 Å². The summed E-state index contributed by atoms with van der Waals surface area (Å²) in [5, 5.41) is 18.4. The van der Waals surface area contributed by atoms with Gasteiger partial charge in [0, 0.05) is 11.3 Å². The molecule has 0 saturated heterocycles. The molecular formula is C12H14N4O3S. The Kier molecular flexibility index (Phi) is 4.14. The van der Waals surface area contributed by atoms with E-state index >= 15 is 0 Å². The van der Waals surface area contributed by atoms with Crippen LogP contribution in [0.5, 0.6) is 0 Å². The number of aromatic nitrogens is 3. The summed E-state index contributed by atoms with van der Waals surface area (Å²) in [6.07, 6.45) is 1.60. The number of hydrogen-bond donors (Lipinski definition) is 3. The van der Waals surface area contributed by atoms with Crippen molar-refractivity contribution in [1.29, 1.82) is 0 Å². The van der Waals surface area contributed by atoms with Crippen molar-refractivity contribution in [2.45, 2.75) is 26.7 Å². The van der Waals surface area contributed by atoms with E-state index in [1.807, 2.05) is 6.92 Å². The maximum Gasteiger partial charge on any atom is 0.338 e. The number of anilines is 1. The number of amides is 1. The van der Waals surface area contributed by atoms with Crippen LogP contribution in [0.15, 0.2) is 6.07 Å². The van der Waals surface area contributed by atoms with Crippen LogP contribution in [0.1, 0.15) is 45.0 Å². The van der Waals surface area contributed by atoms with Crippen LogP contribution in [0.3, 0.4) is 0 Å². The molecule has 0 bridgehead atoms. The van der Waals surface area contributed by atoms with Gasteiger partial charge < -0.3 is 10.4 Å². The fraction of sp³-hybridized carbons (Fsp3) is 0.333. The van der Waals surface area contributed by atoms with Gasteiger partial charge in [0.1, 0.15) is 10.8 Å². The first kappa shape index (κ1) is 14.2. The first-order chi connectivity index (χ1) is 9.51. The van der Waals surface area contributed by atoms with Crippen LogP contribution < -0.4 is 5.32 Å². The van der Waals surface area contributed by atoms with E-state index in [-0.39, 0.29) is 11.4 Å². The Bertz CT molecular complexity index is 647. The number of aromatic carboxylic acids is 1. The minimum Gasteiger partial charge on any atom is -0.478 e. The van der Waals surface area contributed by atoms with E-state index < -0.39 is 11.9 Å². The Labute approximate surface area is 119 Å². The monoisotopic (exact) mass is 294 g/mol. The van der Waals surface area contributed by atoms with Crippen LogP contribution in [-0.2, 0) is 6.42 Å². The third-order valence-corrected chi connectivity index (χ3v) is 3.50. The van der Waals surface area contributed by atoms with Crippen molar-refractivity contribution in [2.75, 3.05) is 5.32 Å². The molecule has 7 nitrogen and oxygen atoms in total. The highest BCUT2D eigenvalue weighted by atomic mass is 32.1. The Balaban J connectivity index is 2.16. The average molecular weight is 294 g/mol. The number of hydrogen-bond acceptors (Lipinski definition) is 5. The topological polar surface area (TPSA) is 108 Å². The van der Waals surface area contributed by atoms with E-state index in [2.05, 4.69) is 20.5 Å². The summed E-state index contributed by atoms with van der Waals surface area (Å²) in [4.78, 5) is 27.9. The number of nitrogens with one attached hydrogen (secondary N) is 2. The summed E-state index contributed by atoms with van der Waals surface area (Å²) in [6, 6.07) is 1.52. The predicted molar refractivity (Wildman–Crippen MR) is 74.3 cm³/mol. The van der Waals surface area contributed by atoms with E-state index in [0.29, 0.717) is 17.2 Å². The van der Waals surface area contributed by atoms with Crippen LogP contribution in [0.25, 0.3) is 0 Å². The molecule has 8 heteroatoms. The molecule has 0 aromatic carbocycles. The van der Waals surface area contributed by atoms with Crippen molar-refractivity contribution in [3.63, 3.8) is 0 Å². The standard InChI is InChI=1S/C12H14N4O3S/c1-3-4-8-13-9(16-15-8)10(17)14-11-7(12(18)19)5-6(2)20-11/h5H,3-4H2,1-2H3,(H,14,17)(H,18,19)(H,13,15,16). The number of aryl methyl sites for hydroxylation is 2. The van der Waals surface area contributed by atoms with Crippen molar-refractivity contribution < 1.29 is 14.7 Å². The van der Waals surface area contributed by atoms with E-state index in [1.165, 1.54) is 17.4 Å². The summed E-state index contributed by atoms with van der Waals surface area (Å²) in [6.45, 7) is 3.77. The molecule has 0 atom stereocenters. The zero-order chi connectivity index (χ0) is 14.7. The van der Waals surface area contributed by atoms with Gasteiger partial charge in [-0.1, -0.05) is 6.92 Å². The number of carboxylic acids is 1. The number of carbonyl (C=O) groups excluding carboxylic acids is 1. The molecule has 0 aliphatic rings. The lowest BCUT2D eigenvalue weighted by atomic mass is 10.3. The summed E-state index contributed by atoms with van der Waals surface area (Å²) >= 11 is 1.20. The molecule has 20 heavy (non-hydrogen) atoms. The van der Waals surface area contributed by atoms with E-state index in [1.54, 1.807) is 6.92 Å². The number of nitrogens with zero attached hydrogens (tertiary/aromatic N) is 2. The maximum atomic E-state index is 12.0. The van der Waals surface area contributed by atoms with Gasteiger partial charge in [0.25, 0.3) is 5.91 Å². The fourth-order valence-electron chi connectivity index (χ4n) is 1.67. The number of rotatable bonds is 5. The Morgan fingerprint density at radius 1 is 1.50 bits per heavy atom. The summed E-state index contributed by atoms with van der Waals surface area (Å²) in [7, 11) is 0. The summed E-state index contributed by atoms with van der Waals surface area (Å²) < 4.78 is 0. The first-order valence-electron chi connectivity index (χ1n) is 6.07. The van der Waals surface area contributed by atoms with Gasteiger partial charge in [-0.25, -0.2) is 9.78 Å². The molecule has 1 amide bonds. The minimum absolute atomic E-state index is 0.0100. The number of carbonyl (C=O) groups is 2. The molecule has 0 saturated carbocycles. The van der Waals surface area contributed by atoms with Crippen LogP contribution in [0.4, 0.5) is 5.00 Å². The number of H-pyrrole nitrogens is 1. The zero-order valence-electron chi connectivity index (χ0n) is 11.1. The third-order valence-electron chi connectivity index (χ3n) is 2.53. The SMILES string of the molecule is CCCc1nc(C(=O)Nc2sc(C)cc2C(=O)O)n[nH]1. The number of carboxylic acid groups (broad SMARTS) is 1. The van der Waals surface area contributed by atoms with Gasteiger partial charge in [-0.2, -0.15) is 0 Å². The van der Waals surface area contributed by atoms with Gasteiger partial charge in [-0.15, -0.1) is 16.4 Å². The van der Waals surface area contributed by atoms with E-state index in [0.717, 1.165) is 11.3 Å². The van der Waals surface area contributed by atoms with Gasteiger partial charge in [0.2, 0.25) is 5.82 Å². The molecule has 106 valence electrons. The van der Waals surface area contributed by atoms with Gasteiger partial charge in [-0.05, 0) is 19.4 Å². The van der Waals surface area contributed by atoms with Crippen molar-refractivity contribution in [1.82, 2.24) is 15.2 Å². The molecule has 3 N–H and O–H groups in total. The maximum absolute atomic E-state index is 12.0. The number of aromatic amines is 1. The van der Waals surface area contributed by atoms with Crippen molar-refractivity contribution in [2.24, 2.45) is 0 Å². The Morgan fingerprint density at radius 3 is 2.90 bits per heavy atom. The van der Waals surface area contributed by atoms with Crippen LogP contribution >= 0.6 is 11.3 Å². The molecule has 0 fully saturated rings. The predicted octanol–water partition coefficient (Wildman–Crippen LogP) is 2.08. The quantitative estimate of drug-likeness (QED) is 0.782. The van der Waals surface area contributed by atoms with Crippen LogP contribution in [-0.4, -0.2) is 32.2 Å². The normalized spacial score (nSPS) is 10.5. The highest BCUT2D eigenvalue weighted by molar-refractivity contribution is 7.16. The molecule has 0 radical (unpaired) electrons. The second-order valence-electron chi connectivity index (χ2n) is 4.21. The zero-order valence-corrected chi connectivity index (χ0v) is 11.9. The summed E-state index contributed by atoms with van der Waals surface area (Å²) in [5.74, 6) is -0.950. The molecule has 2 heterocycles. The number of thiophene rings is 1. The second kappa shape index (κ2) is 5.83. The summed E-state index contributed by atoms with van der Waals surface area (Å²) in [5.41, 5.74) is 0.0742. The molecule has 0 aliphatic carbocycles. The Morgan fingerprint density at radius 2 is 2.25 bits per heavy atom. The van der Waals surface area contributed by atoms with Gasteiger partial charge >= 0.3 is 5.97 Å².